The molecule has 0 aromatic heterocycles. The van der Waals surface area contributed by atoms with E-state index in [0.717, 1.165) is 43.4 Å². The number of carbonyl (C=O) groups is 1. The zero-order valence-corrected chi connectivity index (χ0v) is 22.0. The summed E-state index contributed by atoms with van der Waals surface area (Å²) in [4.78, 5) is 12.6. The average Bonchev–Trinajstić information content (AvgIpc) is 3.41. The number of fused-ring (bicyclic) bond motifs is 5. The van der Waals surface area contributed by atoms with E-state index in [-0.39, 0.29) is 28.9 Å². The molecule has 1 amide bonds. The summed E-state index contributed by atoms with van der Waals surface area (Å²) < 4.78 is 0. The third kappa shape index (κ3) is 3.57. The van der Waals surface area contributed by atoms with Crippen molar-refractivity contribution in [2.75, 3.05) is 0 Å². The quantitative estimate of drug-likeness (QED) is 0.492. The first-order valence-corrected chi connectivity index (χ1v) is 14.0. The number of aryl methyl sites for hydroxylation is 1. The first kappa shape index (κ1) is 23.5. The summed E-state index contributed by atoms with van der Waals surface area (Å²) in [6.45, 7) is 8.84. The molecule has 4 heteroatoms. The largest absolute Gasteiger partial charge is 0.393 e. The van der Waals surface area contributed by atoms with E-state index in [0.29, 0.717) is 5.92 Å². The van der Waals surface area contributed by atoms with Crippen LogP contribution in [-0.4, -0.2) is 27.8 Å². The van der Waals surface area contributed by atoms with Crippen LogP contribution in [0.15, 0.2) is 41.0 Å². The van der Waals surface area contributed by atoms with E-state index in [4.69, 9.17) is 5.10 Å². The van der Waals surface area contributed by atoms with Crippen LogP contribution in [0.2, 0.25) is 0 Å². The van der Waals surface area contributed by atoms with Gasteiger partial charge in [0.15, 0.2) is 0 Å². The number of rotatable bonds is 2. The molecule has 0 saturated heterocycles. The van der Waals surface area contributed by atoms with Crippen molar-refractivity contribution in [1.82, 2.24) is 5.01 Å². The molecule has 188 valence electrons. The van der Waals surface area contributed by atoms with E-state index in [1.807, 2.05) is 0 Å². The number of carbonyl (C=O) groups excluding carboxylic acids is 1. The van der Waals surface area contributed by atoms with Gasteiger partial charge in [0.2, 0.25) is 5.91 Å². The maximum absolute atomic E-state index is 12.6. The highest BCUT2D eigenvalue weighted by Crippen LogP contribution is 2.66. The monoisotopic (exact) mass is 474 g/mol. The molecule has 1 N–H and O–H groups in total. The molecule has 0 radical (unpaired) electrons. The van der Waals surface area contributed by atoms with Gasteiger partial charge in [-0.3, -0.25) is 4.79 Å². The Balaban J connectivity index is 1.27. The predicted octanol–water partition coefficient (Wildman–Crippen LogP) is 6.58. The lowest BCUT2D eigenvalue weighted by molar-refractivity contribution is -0.130. The maximum atomic E-state index is 12.6. The summed E-state index contributed by atoms with van der Waals surface area (Å²) >= 11 is 0. The number of hydrogen-bond donors (Lipinski definition) is 1. The van der Waals surface area contributed by atoms with Crippen molar-refractivity contribution in [3.05, 3.63) is 47.0 Å². The molecule has 6 rings (SSSR count). The van der Waals surface area contributed by atoms with Crippen LogP contribution in [0.5, 0.6) is 0 Å². The summed E-state index contributed by atoms with van der Waals surface area (Å²) in [6, 6.07) is 8.64. The molecule has 6 unspecified atom stereocenters. The van der Waals surface area contributed by atoms with E-state index in [1.165, 1.54) is 48.9 Å². The van der Waals surface area contributed by atoms with Crippen molar-refractivity contribution in [2.45, 2.75) is 97.6 Å². The minimum atomic E-state index is -0.137. The molecule has 0 bridgehead atoms. The Morgan fingerprint density at radius 2 is 1.91 bits per heavy atom. The molecule has 4 nitrogen and oxygen atoms in total. The molecular weight excluding hydrogens is 432 g/mol. The molecule has 4 aliphatic carbocycles. The highest BCUT2D eigenvalue weighted by Gasteiger charge is 2.59. The van der Waals surface area contributed by atoms with Crippen LogP contribution < -0.4 is 0 Å². The molecule has 1 aromatic rings. The average molecular weight is 475 g/mol. The molecule has 3 fully saturated rings. The Morgan fingerprint density at radius 1 is 1.09 bits per heavy atom. The number of hydrazone groups is 1. The topological polar surface area (TPSA) is 52.9 Å². The zero-order chi connectivity index (χ0) is 24.5. The van der Waals surface area contributed by atoms with Gasteiger partial charge in [-0.2, -0.15) is 5.10 Å². The van der Waals surface area contributed by atoms with E-state index in [9.17, 15) is 9.90 Å². The molecule has 0 spiro atoms. The number of nitrogens with zero attached hydrogens (tertiary/aromatic N) is 2. The van der Waals surface area contributed by atoms with Crippen LogP contribution in [0, 0.1) is 41.4 Å². The van der Waals surface area contributed by atoms with Gasteiger partial charge in [-0.05, 0) is 92.4 Å². The Bertz CT molecular complexity index is 1090. The summed E-state index contributed by atoms with van der Waals surface area (Å²) in [7, 11) is 0. The van der Waals surface area contributed by atoms with E-state index in [1.54, 1.807) is 17.5 Å². The first-order valence-electron chi connectivity index (χ1n) is 14.0. The van der Waals surface area contributed by atoms with Crippen molar-refractivity contribution in [3.63, 3.8) is 0 Å². The molecule has 3 saturated carbocycles. The number of amides is 1. The van der Waals surface area contributed by atoms with E-state index in [2.05, 4.69) is 51.1 Å². The number of aliphatic hydroxyl groups excluding tert-OH is 1. The van der Waals surface area contributed by atoms with Crippen LogP contribution in [-0.2, 0) is 4.79 Å². The van der Waals surface area contributed by atoms with Gasteiger partial charge in [0.25, 0.3) is 0 Å². The van der Waals surface area contributed by atoms with Crippen LogP contribution in [0.25, 0.3) is 0 Å². The van der Waals surface area contributed by atoms with Crippen molar-refractivity contribution in [3.8, 4) is 0 Å². The lowest BCUT2D eigenvalue weighted by atomic mass is 9.47. The second-order valence-electron chi connectivity index (χ2n) is 12.9. The molecule has 35 heavy (non-hydrogen) atoms. The summed E-state index contributed by atoms with van der Waals surface area (Å²) in [5, 5.41) is 17.1. The van der Waals surface area contributed by atoms with Gasteiger partial charge in [-0.15, -0.1) is 0 Å². The molecule has 1 aromatic carbocycles. The van der Waals surface area contributed by atoms with Crippen molar-refractivity contribution in [2.24, 2.45) is 39.6 Å². The van der Waals surface area contributed by atoms with Crippen LogP contribution in [0.3, 0.4) is 0 Å². The molecule has 5 aliphatic rings. The van der Waals surface area contributed by atoms with E-state index >= 15 is 0 Å². The standard InChI is InChI=1S/C31H42N2O2/c1-19-6-5-7-21(16-19)29-18-28(32-33(29)20(2)34)27-11-10-25-24-9-8-22-17-23(35)12-14-30(22,3)26(24)13-15-31(25,27)4/h5-8,16,23-27,29,35H,9-15,17-18H2,1-4H3/t23?,24?,25?,26?,27?,29?,30-,31-/m0/s1. The minimum Gasteiger partial charge on any atom is -0.393 e. The Morgan fingerprint density at radius 3 is 2.69 bits per heavy atom. The Kier molecular flexibility index (Phi) is 5.56. The first-order chi connectivity index (χ1) is 16.7. The summed E-state index contributed by atoms with van der Waals surface area (Å²) in [6.07, 6.45) is 12.5. The highest BCUT2D eigenvalue weighted by molar-refractivity contribution is 5.92. The van der Waals surface area contributed by atoms with Gasteiger partial charge >= 0.3 is 0 Å². The molecule has 8 atom stereocenters. The van der Waals surface area contributed by atoms with Gasteiger partial charge < -0.3 is 5.11 Å². The number of allylic oxidation sites excluding steroid dienone is 1. The van der Waals surface area contributed by atoms with Crippen molar-refractivity contribution >= 4 is 11.6 Å². The SMILES string of the molecule is CC(=O)N1N=C(C2CCC3C4CC=C5CC(O)CC[C@]5(C)C4CC[C@]23C)CC1c1cccc(C)c1. The lowest BCUT2D eigenvalue weighted by Gasteiger charge is -2.58. The molecule has 1 heterocycles. The highest BCUT2D eigenvalue weighted by atomic mass is 16.3. The molecule has 1 aliphatic heterocycles. The van der Waals surface area contributed by atoms with Crippen LogP contribution in [0.1, 0.15) is 95.7 Å². The third-order valence-corrected chi connectivity index (χ3v) is 11.2. The molecular formula is C31H42N2O2. The summed E-state index contributed by atoms with van der Waals surface area (Å²) in [5.74, 6) is 2.77. The maximum Gasteiger partial charge on any atom is 0.240 e. The normalized spacial score (nSPS) is 42.6. The van der Waals surface area contributed by atoms with Crippen LogP contribution >= 0.6 is 0 Å². The lowest BCUT2D eigenvalue weighted by Crippen LogP contribution is -2.51. The van der Waals surface area contributed by atoms with Gasteiger partial charge in [-0.25, -0.2) is 5.01 Å². The van der Waals surface area contributed by atoms with Gasteiger partial charge in [0, 0.05) is 25.0 Å². The van der Waals surface area contributed by atoms with E-state index < -0.39 is 0 Å². The van der Waals surface area contributed by atoms with Gasteiger partial charge in [-0.1, -0.05) is 55.3 Å². The fourth-order valence-electron chi connectivity index (χ4n) is 9.36. The third-order valence-electron chi connectivity index (χ3n) is 11.2. The predicted molar refractivity (Wildman–Crippen MR) is 140 cm³/mol. The fourth-order valence-corrected chi connectivity index (χ4v) is 9.36. The van der Waals surface area contributed by atoms with Gasteiger partial charge in [0.05, 0.1) is 12.1 Å². The second-order valence-corrected chi connectivity index (χ2v) is 12.9. The van der Waals surface area contributed by atoms with Crippen molar-refractivity contribution < 1.29 is 9.90 Å². The summed E-state index contributed by atoms with van der Waals surface area (Å²) in [5.41, 5.74) is 5.83. The second kappa shape index (κ2) is 8.30. The fraction of sp³-hybridized carbons (Fsp3) is 0.677. The zero-order valence-electron chi connectivity index (χ0n) is 22.0. The Hall–Kier alpha value is -1.94. The smallest absolute Gasteiger partial charge is 0.240 e. The van der Waals surface area contributed by atoms with Crippen LogP contribution in [0.4, 0.5) is 0 Å². The number of hydrogen-bond acceptors (Lipinski definition) is 3. The number of benzene rings is 1. The van der Waals surface area contributed by atoms with Gasteiger partial charge in [0.1, 0.15) is 0 Å². The minimum absolute atomic E-state index is 0.0362. The number of aliphatic hydroxyl groups is 1. The Labute approximate surface area is 210 Å². The van der Waals surface area contributed by atoms with Crippen molar-refractivity contribution in [1.29, 1.82) is 0 Å².